The summed E-state index contributed by atoms with van der Waals surface area (Å²) in [5.74, 6) is -0.455. The maximum absolute atomic E-state index is 12.9. The number of fused-ring (bicyclic) bond motifs is 1. The molecule has 1 saturated heterocycles. The summed E-state index contributed by atoms with van der Waals surface area (Å²) in [4.78, 5) is 31.1. The van der Waals surface area contributed by atoms with Gasteiger partial charge >= 0.3 is 0 Å². The Balaban J connectivity index is 1.61. The van der Waals surface area contributed by atoms with Gasteiger partial charge in [0.1, 0.15) is 6.61 Å². The summed E-state index contributed by atoms with van der Waals surface area (Å²) in [6, 6.07) is 15.0. The van der Waals surface area contributed by atoms with E-state index in [1.54, 1.807) is 11.9 Å². The molecule has 27 heavy (non-hydrogen) atoms. The second kappa shape index (κ2) is 7.09. The van der Waals surface area contributed by atoms with E-state index in [1.807, 2.05) is 55.5 Å². The summed E-state index contributed by atoms with van der Waals surface area (Å²) in [5, 5.41) is 3.37. The Morgan fingerprint density at radius 3 is 2.70 bits per heavy atom. The Morgan fingerprint density at radius 1 is 1.22 bits per heavy atom. The van der Waals surface area contributed by atoms with Crippen LogP contribution in [0.15, 0.2) is 48.5 Å². The molecule has 2 amide bonds. The molecule has 0 radical (unpaired) electrons. The number of hydrogen-bond donors (Lipinski definition) is 1. The van der Waals surface area contributed by atoms with Crippen LogP contribution in [0.3, 0.4) is 0 Å². The SMILES string of the molecule is Cc1ccc([C@H]2[C@H](C(=O)Nc3nc4ccccc4s3)OCC(=O)N2C)cc1. The molecule has 138 valence electrons. The maximum Gasteiger partial charge on any atom is 0.257 e. The van der Waals surface area contributed by atoms with Crippen LogP contribution in [-0.4, -0.2) is 41.5 Å². The van der Waals surface area contributed by atoms with Crippen LogP contribution in [0.1, 0.15) is 17.2 Å². The van der Waals surface area contributed by atoms with E-state index in [-0.39, 0.29) is 18.4 Å². The number of carbonyl (C=O) groups is 2. The number of thiazole rings is 1. The maximum atomic E-state index is 12.9. The zero-order chi connectivity index (χ0) is 19.0. The first-order chi connectivity index (χ1) is 13.0. The highest BCUT2D eigenvalue weighted by Crippen LogP contribution is 2.31. The fourth-order valence-electron chi connectivity index (χ4n) is 3.20. The number of carbonyl (C=O) groups excluding carboxylic acids is 2. The number of amides is 2. The fourth-order valence-corrected chi connectivity index (χ4v) is 4.06. The number of benzene rings is 2. The van der Waals surface area contributed by atoms with E-state index in [9.17, 15) is 9.59 Å². The van der Waals surface area contributed by atoms with Crippen LogP contribution in [0.4, 0.5) is 5.13 Å². The smallest absolute Gasteiger partial charge is 0.257 e. The molecule has 2 atom stereocenters. The zero-order valence-electron chi connectivity index (χ0n) is 15.0. The van der Waals surface area contributed by atoms with Gasteiger partial charge in [0.2, 0.25) is 5.91 Å². The first kappa shape index (κ1) is 17.6. The van der Waals surface area contributed by atoms with Gasteiger partial charge < -0.3 is 9.64 Å². The second-order valence-electron chi connectivity index (χ2n) is 6.57. The number of aryl methyl sites for hydroxylation is 1. The highest BCUT2D eigenvalue weighted by molar-refractivity contribution is 7.22. The number of rotatable bonds is 3. The third-order valence-corrected chi connectivity index (χ3v) is 5.64. The number of anilines is 1. The van der Waals surface area contributed by atoms with Gasteiger partial charge in [-0.3, -0.25) is 14.9 Å². The van der Waals surface area contributed by atoms with Crippen molar-refractivity contribution in [1.29, 1.82) is 0 Å². The van der Waals surface area contributed by atoms with Crippen molar-refractivity contribution >= 4 is 38.5 Å². The summed E-state index contributed by atoms with van der Waals surface area (Å²) in [7, 11) is 1.70. The van der Waals surface area contributed by atoms with Crippen LogP contribution in [0.5, 0.6) is 0 Å². The quantitative estimate of drug-likeness (QED) is 0.757. The third kappa shape index (κ3) is 3.43. The summed E-state index contributed by atoms with van der Waals surface area (Å²) in [5.41, 5.74) is 2.81. The van der Waals surface area contributed by atoms with E-state index >= 15 is 0 Å². The number of likely N-dealkylation sites (N-methyl/N-ethyl adjacent to an activating group) is 1. The van der Waals surface area contributed by atoms with E-state index in [0.717, 1.165) is 21.3 Å². The van der Waals surface area contributed by atoms with Gasteiger partial charge in [0.25, 0.3) is 5.91 Å². The Labute approximate surface area is 160 Å². The largest absolute Gasteiger partial charge is 0.356 e. The van der Waals surface area contributed by atoms with Gasteiger partial charge in [-0.2, -0.15) is 0 Å². The lowest BCUT2D eigenvalue weighted by Gasteiger charge is -2.38. The van der Waals surface area contributed by atoms with E-state index in [4.69, 9.17) is 4.74 Å². The Kier molecular flexibility index (Phi) is 4.63. The van der Waals surface area contributed by atoms with Crippen molar-refractivity contribution in [2.75, 3.05) is 19.0 Å². The average Bonchev–Trinajstić information content (AvgIpc) is 3.07. The third-order valence-electron chi connectivity index (χ3n) is 4.69. The minimum absolute atomic E-state index is 0.114. The number of nitrogens with zero attached hydrogens (tertiary/aromatic N) is 2. The van der Waals surface area contributed by atoms with Crippen molar-refractivity contribution in [2.45, 2.75) is 19.1 Å². The number of para-hydroxylation sites is 1. The van der Waals surface area contributed by atoms with E-state index in [0.29, 0.717) is 5.13 Å². The number of nitrogens with one attached hydrogen (secondary N) is 1. The standard InChI is InChI=1S/C20H19N3O3S/c1-12-7-9-13(10-8-12)17-18(26-11-16(24)23(17)2)19(25)22-20-21-14-5-3-4-6-15(14)27-20/h3-10,17-18H,11H2,1-2H3,(H,21,22,25)/t17-,18+/m0/s1. The number of aromatic nitrogens is 1. The van der Waals surface area contributed by atoms with Crippen molar-refractivity contribution < 1.29 is 14.3 Å². The van der Waals surface area contributed by atoms with Crippen LogP contribution >= 0.6 is 11.3 Å². The van der Waals surface area contributed by atoms with Gasteiger partial charge in [-0.15, -0.1) is 0 Å². The Bertz CT molecular complexity index is 966. The molecule has 2 heterocycles. The molecule has 7 heteroatoms. The molecule has 1 aliphatic rings. The molecule has 2 aromatic carbocycles. The van der Waals surface area contributed by atoms with Crippen molar-refractivity contribution in [2.24, 2.45) is 0 Å². The molecular formula is C20H19N3O3S. The van der Waals surface area contributed by atoms with Gasteiger partial charge in [-0.1, -0.05) is 53.3 Å². The van der Waals surface area contributed by atoms with Gasteiger partial charge in [0, 0.05) is 7.05 Å². The predicted molar refractivity (Wildman–Crippen MR) is 105 cm³/mol. The van der Waals surface area contributed by atoms with Crippen LogP contribution in [-0.2, 0) is 14.3 Å². The predicted octanol–water partition coefficient (Wildman–Crippen LogP) is 3.14. The lowest BCUT2D eigenvalue weighted by Crippen LogP contribution is -2.51. The number of hydrogen-bond acceptors (Lipinski definition) is 5. The number of morpholine rings is 1. The average molecular weight is 381 g/mol. The molecule has 0 bridgehead atoms. The van der Waals surface area contributed by atoms with Crippen LogP contribution in [0.25, 0.3) is 10.2 Å². The fraction of sp³-hybridized carbons (Fsp3) is 0.250. The zero-order valence-corrected chi connectivity index (χ0v) is 15.8. The molecule has 4 rings (SSSR count). The lowest BCUT2D eigenvalue weighted by molar-refractivity contribution is -0.160. The molecule has 1 aromatic heterocycles. The summed E-state index contributed by atoms with van der Waals surface area (Å²) < 4.78 is 6.64. The molecule has 3 aromatic rings. The second-order valence-corrected chi connectivity index (χ2v) is 7.60. The number of ether oxygens (including phenoxy) is 1. The molecule has 6 nitrogen and oxygen atoms in total. The van der Waals surface area contributed by atoms with E-state index < -0.39 is 12.1 Å². The molecule has 1 N–H and O–H groups in total. The van der Waals surface area contributed by atoms with Crippen LogP contribution in [0, 0.1) is 6.92 Å². The first-order valence-electron chi connectivity index (χ1n) is 8.63. The molecule has 1 aliphatic heterocycles. The van der Waals surface area contributed by atoms with Gasteiger partial charge in [0.05, 0.1) is 16.3 Å². The monoisotopic (exact) mass is 381 g/mol. The van der Waals surface area contributed by atoms with Gasteiger partial charge in [-0.25, -0.2) is 4.98 Å². The Morgan fingerprint density at radius 2 is 1.96 bits per heavy atom. The van der Waals surface area contributed by atoms with Gasteiger partial charge in [0.15, 0.2) is 11.2 Å². The van der Waals surface area contributed by atoms with Crippen molar-refractivity contribution in [3.8, 4) is 0 Å². The molecule has 0 spiro atoms. The van der Waals surface area contributed by atoms with Gasteiger partial charge in [-0.05, 0) is 24.6 Å². The highest BCUT2D eigenvalue weighted by atomic mass is 32.1. The molecule has 0 aliphatic carbocycles. The van der Waals surface area contributed by atoms with Crippen LogP contribution < -0.4 is 5.32 Å². The highest BCUT2D eigenvalue weighted by Gasteiger charge is 2.40. The summed E-state index contributed by atoms with van der Waals surface area (Å²) >= 11 is 1.41. The summed E-state index contributed by atoms with van der Waals surface area (Å²) in [6.45, 7) is 1.88. The Hall–Kier alpha value is -2.77. The van der Waals surface area contributed by atoms with E-state index in [1.165, 1.54) is 11.3 Å². The topological polar surface area (TPSA) is 71.5 Å². The van der Waals surface area contributed by atoms with Crippen molar-refractivity contribution in [3.05, 3.63) is 59.7 Å². The van der Waals surface area contributed by atoms with Crippen molar-refractivity contribution in [3.63, 3.8) is 0 Å². The minimum Gasteiger partial charge on any atom is -0.356 e. The van der Waals surface area contributed by atoms with Crippen LogP contribution in [0.2, 0.25) is 0 Å². The summed E-state index contributed by atoms with van der Waals surface area (Å²) in [6.07, 6.45) is -0.803. The van der Waals surface area contributed by atoms with Crippen molar-refractivity contribution in [1.82, 2.24) is 9.88 Å². The molecular weight excluding hydrogens is 362 g/mol. The molecule has 1 fully saturated rings. The molecule has 0 saturated carbocycles. The van der Waals surface area contributed by atoms with E-state index in [2.05, 4.69) is 10.3 Å². The first-order valence-corrected chi connectivity index (χ1v) is 9.45. The minimum atomic E-state index is -0.803. The normalized spacial score (nSPS) is 20.1. The lowest BCUT2D eigenvalue weighted by atomic mass is 9.97. The molecule has 0 unspecified atom stereocenters.